The monoisotopic (exact) mass is 610 g/mol. The van der Waals surface area contributed by atoms with E-state index < -0.39 is 42.0 Å². The van der Waals surface area contributed by atoms with E-state index >= 15 is 0 Å². The zero-order chi connectivity index (χ0) is 30.5. The number of hydrogen-bond acceptors (Lipinski definition) is 9. The average Bonchev–Trinajstić information content (AvgIpc) is 3.62. The number of halogens is 4. The standard InChI is InChI=1S/C27H30ClF3N6O5/c1-15(2)8-10-35-21-22(33(3)26(41)36(23(21)39)14-20(38)17-6-4-5-7-18(17)28)37(42-24(40)27(29,30)31)25(35)34-11-9-16-12-32-13-19(16)34/h4-8,16,19,25,32H,9-14H2,1-3H3. The molecule has 0 saturated carbocycles. The number of carbonyl (C=O) groups is 2. The smallest absolute Gasteiger partial charge is 0.327 e. The Hall–Kier alpha value is -3.62. The fourth-order valence-corrected chi connectivity index (χ4v) is 6.07. The van der Waals surface area contributed by atoms with Gasteiger partial charge in [0.2, 0.25) is 0 Å². The summed E-state index contributed by atoms with van der Waals surface area (Å²) >= 11 is 6.16. The summed E-state index contributed by atoms with van der Waals surface area (Å²) in [4.78, 5) is 61.2. The Morgan fingerprint density at radius 1 is 1.17 bits per heavy atom. The molecule has 3 aliphatic heterocycles. The minimum atomic E-state index is -5.34. The molecule has 0 spiro atoms. The Kier molecular flexibility index (Phi) is 7.98. The lowest BCUT2D eigenvalue weighted by Crippen LogP contribution is -2.59. The molecule has 1 aromatic heterocycles. The number of hydrogen-bond donors (Lipinski definition) is 1. The van der Waals surface area contributed by atoms with Crippen LogP contribution in [0.4, 0.5) is 24.7 Å². The third kappa shape index (κ3) is 5.22. The quantitative estimate of drug-likeness (QED) is 0.373. The third-order valence-electron chi connectivity index (χ3n) is 7.85. The molecule has 3 atom stereocenters. The first kappa shape index (κ1) is 29.9. The summed E-state index contributed by atoms with van der Waals surface area (Å²) < 4.78 is 42.1. The molecule has 2 saturated heterocycles. The van der Waals surface area contributed by atoms with Crippen LogP contribution in [-0.2, 0) is 23.2 Å². The van der Waals surface area contributed by atoms with Crippen molar-refractivity contribution in [2.75, 3.05) is 36.1 Å². The van der Waals surface area contributed by atoms with Crippen molar-refractivity contribution in [3.05, 3.63) is 67.3 Å². The van der Waals surface area contributed by atoms with E-state index in [4.69, 9.17) is 16.4 Å². The van der Waals surface area contributed by atoms with Gasteiger partial charge in [0, 0.05) is 38.3 Å². The van der Waals surface area contributed by atoms with Crippen molar-refractivity contribution in [1.29, 1.82) is 0 Å². The van der Waals surface area contributed by atoms with Crippen LogP contribution in [0.3, 0.4) is 0 Å². The predicted octanol–water partition coefficient (Wildman–Crippen LogP) is 2.27. The second-order valence-electron chi connectivity index (χ2n) is 10.8. The van der Waals surface area contributed by atoms with Gasteiger partial charge in [-0.25, -0.2) is 9.59 Å². The van der Waals surface area contributed by atoms with Crippen molar-refractivity contribution >= 4 is 34.9 Å². The molecule has 2 fully saturated rings. The van der Waals surface area contributed by atoms with E-state index in [2.05, 4.69) is 5.32 Å². The Morgan fingerprint density at radius 2 is 1.88 bits per heavy atom. The van der Waals surface area contributed by atoms with Crippen LogP contribution < -0.4 is 26.5 Å². The number of likely N-dealkylation sites (tertiary alicyclic amines) is 1. The van der Waals surface area contributed by atoms with Gasteiger partial charge in [-0.15, -0.1) is 5.06 Å². The van der Waals surface area contributed by atoms with Gasteiger partial charge in [0.05, 0.1) is 11.6 Å². The highest BCUT2D eigenvalue weighted by molar-refractivity contribution is 6.33. The number of Topliss-reactive ketones (excluding diaryl/α,β-unsaturated/α-hetero) is 1. The Morgan fingerprint density at radius 3 is 2.55 bits per heavy atom. The molecule has 15 heteroatoms. The minimum absolute atomic E-state index is 0.0489. The highest BCUT2D eigenvalue weighted by Gasteiger charge is 2.54. The van der Waals surface area contributed by atoms with E-state index in [0.29, 0.717) is 24.7 Å². The number of hydroxylamine groups is 1. The zero-order valence-electron chi connectivity index (χ0n) is 23.2. The Labute approximate surface area is 243 Å². The van der Waals surface area contributed by atoms with Crippen molar-refractivity contribution in [3.63, 3.8) is 0 Å². The Bertz CT molecular complexity index is 1570. The predicted molar refractivity (Wildman–Crippen MR) is 148 cm³/mol. The van der Waals surface area contributed by atoms with Crippen LogP contribution in [0, 0.1) is 5.92 Å². The summed E-state index contributed by atoms with van der Waals surface area (Å²) in [5.41, 5.74) is -1.09. The maximum Gasteiger partial charge on any atom is 0.493 e. The molecule has 0 bridgehead atoms. The zero-order valence-corrected chi connectivity index (χ0v) is 23.9. The first-order valence-corrected chi connectivity index (χ1v) is 13.8. The molecule has 4 heterocycles. The topological polar surface area (TPSA) is 109 Å². The normalized spacial score (nSPS) is 21.8. The van der Waals surface area contributed by atoms with Gasteiger partial charge in [-0.2, -0.15) is 13.2 Å². The maximum absolute atomic E-state index is 14.0. The number of fused-ring (bicyclic) bond motifs is 2. The van der Waals surface area contributed by atoms with Crippen LogP contribution >= 0.6 is 11.6 Å². The lowest BCUT2D eigenvalue weighted by Gasteiger charge is -2.39. The van der Waals surface area contributed by atoms with E-state index in [0.717, 1.165) is 21.1 Å². The molecule has 2 aromatic rings. The molecule has 5 rings (SSSR count). The number of ketones is 1. The fourth-order valence-electron chi connectivity index (χ4n) is 5.83. The van der Waals surface area contributed by atoms with Crippen LogP contribution in [0.1, 0.15) is 30.6 Å². The molecule has 42 heavy (non-hydrogen) atoms. The molecule has 226 valence electrons. The van der Waals surface area contributed by atoms with Gasteiger partial charge in [0.15, 0.2) is 23.6 Å². The second-order valence-corrected chi connectivity index (χ2v) is 11.2. The van der Waals surface area contributed by atoms with Crippen molar-refractivity contribution in [2.45, 2.75) is 45.3 Å². The van der Waals surface area contributed by atoms with Gasteiger partial charge in [0.25, 0.3) is 5.56 Å². The SMILES string of the molecule is CC(C)=CCN1c2c(n(C)c(=O)n(CC(=O)c3ccccc3Cl)c2=O)N(OC(=O)C(F)(F)F)C1N1CCC2CNCC21. The summed E-state index contributed by atoms with van der Waals surface area (Å²) in [5.74, 6) is -3.21. The van der Waals surface area contributed by atoms with Crippen molar-refractivity contribution in [1.82, 2.24) is 19.4 Å². The molecular weight excluding hydrogens is 581 g/mol. The van der Waals surface area contributed by atoms with E-state index in [9.17, 15) is 32.3 Å². The van der Waals surface area contributed by atoms with Crippen molar-refractivity contribution in [2.24, 2.45) is 13.0 Å². The van der Waals surface area contributed by atoms with Crippen LogP contribution in [0.2, 0.25) is 5.02 Å². The summed E-state index contributed by atoms with van der Waals surface area (Å²) in [6.07, 6.45) is -3.99. The average molecular weight is 611 g/mol. The van der Waals surface area contributed by atoms with E-state index in [1.807, 2.05) is 18.7 Å². The fraction of sp³-hybridized carbons (Fsp3) is 0.481. The summed E-state index contributed by atoms with van der Waals surface area (Å²) in [5, 5.41) is 4.13. The molecule has 0 radical (unpaired) electrons. The van der Waals surface area contributed by atoms with Crippen molar-refractivity contribution < 1.29 is 27.6 Å². The molecule has 1 aromatic carbocycles. The minimum Gasteiger partial charge on any atom is -0.327 e. The van der Waals surface area contributed by atoms with Gasteiger partial charge < -0.3 is 15.1 Å². The van der Waals surface area contributed by atoms with Crippen LogP contribution in [0.25, 0.3) is 0 Å². The largest absolute Gasteiger partial charge is 0.493 e. The molecule has 3 aliphatic rings. The number of anilines is 2. The first-order valence-electron chi connectivity index (χ1n) is 13.4. The van der Waals surface area contributed by atoms with E-state index in [1.165, 1.54) is 24.1 Å². The molecule has 0 aliphatic carbocycles. The number of alkyl halides is 3. The maximum atomic E-state index is 14.0. The highest BCUT2D eigenvalue weighted by Crippen LogP contribution is 2.42. The molecule has 0 amide bonds. The number of nitrogens with one attached hydrogen (secondary N) is 1. The summed E-state index contributed by atoms with van der Waals surface area (Å²) in [7, 11) is 1.25. The van der Waals surface area contributed by atoms with Gasteiger partial charge >= 0.3 is 17.8 Å². The third-order valence-corrected chi connectivity index (χ3v) is 8.18. The summed E-state index contributed by atoms with van der Waals surface area (Å²) in [6, 6.07) is 6.05. The lowest BCUT2D eigenvalue weighted by atomic mass is 10.1. The number of benzene rings is 1. The summed E-state index contributed by atoms with van der Waals surface area (Å²) in [6.45, 7) is 4.74. The van der Waals surface area contributed by atoms with Crippen LogP contribution in [0.5, 0.6) is 0 Å². The van der Waals surface area contributed by atoms with E-state index in [1.54, 1.807) is 18.2 Å². The second kappa shape index (κ2) is 11.2. The van der Waals surface area contributed by atoms with Crippen molar-refractivity contribution in [3.8, 4) is 0 Å². The molecular formula is C27H30ClF3N6O5. The van der Waals surface area contributed by atoms with Crippen LogP contribution in [-0.4, -0.2) is 70.5 Å². The van der Waals surface area contributed by atoms with Gasteiger partial charge in [-0.1, -0.05) is 35.4 Å². The molecule has 3 unspecified atom stereocenters. The van der Waals surface area contributed by atoms with Crippen LogP contribution in [0.15, 0.2) is 45.5 Å². The lowest BCUT2D eigenvalue weighted by molar-refractivity contribution is -0.203. The number of nitrogens with zero attached hydrogens (tertiary/aromatic N) is 5. The van der Waals surface area contributed by atoms with Gasteiger partial charge in [-0.05, 0) is 44.9 Å². The van der Waals surface area contributed by atoms with Gasteiger partial charge in [-0.3, -0.25) is 23.6 Å². The number of rotatable bonds is 7. The number of aromatic nitrogens is 2. The Balaban J connectivity index is 1.68. The number of allylic oxidation sites excluding steroid dienone is 1. The van der Waals surface area contributed by atoms with Gasteiger partial charge in [0.1, 0.15) is 0 Å². The highest BCUT2D eigenvalue weighted by atomic mass is 35.5. The first-order chi connectivity index (χ1) is 19.8. The molecule has 11 nitrogen and oxygen atoms in total. The molecule has 1 N–H and O–H groups in total. The number of carbonyl (C=O) groups excluding carboxylic acids is 2. The van der Waals surface area contributed by atoms with E-state index in [-0.39, 0.29) is 40.6 Å².